The number of rotatable bonds is 5. The lowest BCUT2D eigenvalue weighted by Gasteiger charge is -2.61. The van der Waals surface area contributed by atoms with E-state index < -0.39 is 0 Å². The third-order valence-corrected chi connectivity index (χ3v) is 10.8. The lowest BCUT2D eigenvalue weighted by Crippen LogP contribution is -2.54. The van der Waals surface area contributed by atoms with Crippen LogP contribution in [0.4, 0.5) is 0 Å². The van der Waals surface area contributed by atoms with Crippen LogP contribution < -0.4 is 0 Å². The third kappa shape index (κ3) is 3.50. The fourth-order valence-corrected chi connectivity index (χ4v) is 9.24. The quantitative estimate of drug-likeness (QED) is 0.457. The van der Waals surface area contributed by atoms with E-state index in [1.807, 2.05) is 0 Å². The Kier molecular flexibility index (Phi) is 5.98. The Balaban J connectivity index is 1.46. The lowest BCUT2D eigenvalue weighted by molar-refractivity contribution is -0.136. The number of fused-ring (bicyclic) bond motifs is 5. The van der Waals surface area contributed by atoms with Gasteiger partial charge in [0.1, 0.15) is 0 Å². The normalized spacial score (nSPS) is 49.4. The molecule has 4 saturated carbocycles. The molecule has 1 heteroatoms. The van der Waals surface area contributed by atoms with Gasteiger partial charge in [0.15, 0.2) is 0 Å². The van der Waals surface area contributed by atoms with E-state index in [1.165, 1.54) is 64.2 Å². The Labute approximate surface area is 175 Å². The van der Waals surface area contributed by atoms with Gasteiger partial charge < -0.3 is 0 Å². The SMILES string of the molecule is CC(C)CCC[C@@H](C)[C@H]1CCC2C3CCC4CC([O])CC[C@]4(C)C3CC[C@@]21C. The first-order valence-corrected chi connectivity index (χ1v) is 12.9. The summed E-state index contributed by atoms with van der Waals surface area (Å²) in [5.74, 6) is 6.34. The fourth-order valence-electron chi connectivity index (χ4n) is 9.24. The van der Waals surface area contributed by atoms with Crippen LogP contribution in [0.2, 0.25) is 0 Å². The van der Waals surface area contributed by atoms with Crippen molar-refractivity contribution in [2.24, 2.45) is 52.3 Å². The molecule has 4 fully saturated rings. The summed E-state index contributed by atoms with van der Waals surface area (Å²) in [5, 5.41) is 12.2. The smallest absolute Gasteiger partial charge is 0.0933 e. The number of hydrogen-bond acceptors (Lipinski definition) is 0. The van der Waals surface area contributed by atoms with Crippen LogP contribution in [-0.2, 0) is 5.11 Å². The summed E-state index contributed by atoms with van der Waals surface area (Å²) in [5.41, 5.74) is 1.10. The molecule has 0 saturated heterocycles. The molecule has 5 unspecified atom stereocenters. The van der Waals surface area contributed by atoms with Gasteiger partial charge in [-0.2, -0.15) is 0 Å². The van der Waals surface area contributed by atoms with Crippen LogP contribution in [0.3, 0.4) is 0 Å². The maximum Gasteiger partial charge on any atom is 0.0933 e. The molecule has 0 spiro atoms. The molecule has 0 aromatic heterocycles. The highest BCUT2D eigenvalue weighted by Gasteiger charge is 2.60. The predicted octanol–water partition coefficient (Wildman–Crippen LogP) is 7.91. The Morgan fingerprint density at radius 3 is 2.29 bits per heavy atom. The molecule has 0 heterocycles. The second-order valence-corrected chi connectivity index (χ2v) is 12.6. The standard InChI is InChI=1S/C27H47O/c1-18(2)7-6-8-19(3)23-11-12-24-22-10-9-20-17-21(28)13-15-26(20,4)25(22)14-16-27(23,24)5/h18-25H,6-17H2,1-5H3/t19-,20?,21?,22?,23-,24?,25?,26+,27-/m1/s1. The van der Waals surface area contributed by atoms with Crippen LogP contribution in [0.15, 0.2) is 0 Å². The zero-order valence-electron chi connectivity index (χ0n) is 19.5. The topological polar surface area (TPSA) is 19.9 Å². The summed E-state index contributed by atoms with van der Waals surface area (Å²) in [4.78, 5) is 0. The van der Waals surface area contributed by atoms with Crippen LogP contribution in [0.5, 0.6) is 0 Å². The van der Waals surface area contributed by atoms with Gasteiger partial charge in [-0.1, -0.05) is 53.9 Å². The Bertz CT molecular complexity index is 540. The highest BCUT2D eigenvalue weighted by atomic mass is 16.3. The van der Waals surface area contributed by atoms with Crippen molar-refractivity contribution >= 4 is 0 Å². The second kappa shape index (κ2) is 7.90. The molecule has 4 aliphatic rings. The van der Waals surface area contributed by atoms with Gasteiger partial charge in [-0.25, -0.2) is 5.11 Å². The molecule has 0 amide bonds. The maximum absolute atomic E-state index is 12.2. The van der Waals surface area contributed by atoms with E-state index in [2.05, 4.69) is 34.6 Å². The lowest BCUT2D eigenvalue weighted by atomic mass is 9.44. The summed E-state index contributed by atoms with van der Waals surface area (Å²) >= 11 is 0. The second-order valence-electron chi connectivity index (χ2n) is 12.6. The van der Waals surface area contributed by atoms with Crippen LogP contribution in [-0.4, -0.2) is 6.10 Å². The molecule has 0 N–H and O–H groups in total. The van der Waals surface area contributed by atoms with Crippen molar-refractivity contribution in [1.29, 1.82) is 0 Å². The first-order valence-electron chi connectivity index (χ1n) is 12.9. The molecule has 161 valence electrons. The molecule has 0 aliphatic heterocycles. The Hall–Kier alpha value is -0.0400. The zero-order chi connectivity index (χ0) is 20.1. The molecule has 0 aromatic rings. The van der Waals surface area contributed by atoms with Gasteiger partial charge in [-0.3, -0.25) is 0 Å². The molecule has 9 atom stereocenters. The van der Waals surface area contributed by atoms with Crippen LogP contribution in [0.25, 0.3) is 0 Å². The van der Waals surface area contributed by atoms with E-state index in [0.717, 1.165) is 54.3 Å². The third-order valence-electron chi connectivity index (χ3n) is 10.8. The first kappa shape index (κ1) is 21.2. The Morgan fingerprint density at radius 2 is 1.54 bits per heavy atom. The molecular weight excluding hydrogens is 340 g/mol. The van der Waals surface area contributed by atoms with Gasteiger partial charge in [0.25, 0.3) is 0 Å². The van der Waals surface area contributed by atoms with Gasteiger partial charge in [-0.15, -0.1) is 0 Å². The minimum absolute atomic E-state index is 0.258. The van der Waals surface area contributed by atoms with Crippen molar-refractivity contribution in [3.63, 3.8) is 0 Å². The van der Waals surface area contributed by atoms with E-state index in [1.54, 1.807) is 0 Å². The van der Waals surface area contributed by atoms with Crippen LogP contribution in [0.1, 0.15) is 112 Å². The van der Waals surface area contributed by atoms with Gasteiger partial charge in [0.2, 0.25) is 0 Å². The fraction of sp³-hybridized carbons (Fsp3) is 1.00. The largest absolute Gasteiger partial charge is 0.233 e. The van der Waals surface area contributed by atoms with Crippen LogP contribution in [0, 0.1) is 52.3 Å². The summed E-state index contributed by atoms with van der Waals surface area (Å²) < 4.78 is 0. The van der Waals surface area contributed by atoms with Gasteiger partial charge >= 0.3 is 0 Å². The van der Waals surface area contributed by atoms with E-state index in [4.69, 9.17) is 0 Å². The number of hydrogen-bond donors (Lipinski definition) is 0. The van der Waals surface area contributed by atoms with E-state index in [-0.39, 0.29) is 6.10 Å². The predicted molar refractivity (Wildman–Crippen MR) is 118 cm³/mol. The summed E-state index contributed by atoms with van der Waals surface area (Å²) in [6.07, 6.45) is 15.9. The highest BCUT2D eigenvalue weighted by molar-refractivity contribution is 5.09. The van der Waals surface area contributed by atoms with Crippen molar-refractivity contribution < 1.29 is 5.11 Å². The van der Waals surface area contributed by atoms with Crippen LogP contribution >= 0.6 is 0 Å². The highest BCUT2D eigenvalue weighted by Crippen LogP contribution is 2.68. The zero-order valence-corrected chi connectivity index (χ0v) is 19.5. The molecule has 4 rings (SSSR count). The summed E-state index contributed by atoms with van der Waals surface area (Å²) in [7, 11) is 0. The average Bonchev–Trinajstić information content (AvgIpc) is 2.99. The van der Waals surface area contributed by atoms with Crippen molar-refractivity contribution in [3.8, 4) is 0 Å². The monoisotopic (exact) mass is 387 g/mol. The first-order chi connectivity index (χ1) is 13.3. The molecule has 1 radical (unpaired) electrons. The average molecular weight is 388 g/mol. The molecular formula is C27H47O. The van der Waals surface area contributed by atoms with Gasteiger partial charge in [-0.05, 0) is 110 Å². The summed E-state index contributed by atoms with van der Waals surface area (Å²) in [6, 6.07) is 0. The molecule has 0 aromatic carbocycles. The van der Waals surface area contributed by atoms with Crippen molar-refractivity contribution in [3.05, 3.63) is 0 Å². The molecule has 4 aliphatic carbocycles. The minimum Gasteiger partial charge on any atom is -0.233 e. The van der Waals surface area contributed by atoms with E-state index in [0.29, 0.717) is 10.8 Å². The van der Waals surface area contributed by atoms with Crippen molar-refractivity contribution in [2.45, 2.75) is 118 Å². The van der Waals surface area contributed by atoms with E-state index in [9.17, 15) is 5.11 Å². The van der Waals surface area contributed by atoms with Crippen molar-refractivity contribution in [1.82, 2.24) is 0 Å². The maximum atomic E-state index is 12.2. The molecule has 28 heavy (non-hydrogen) atoms. The molecule has 1 nitrogen and oxygen atoms in total. The minimum atomic E-state index is -0.258. The summed E-state index contributed by atoms with van der Waals surface area (Å²) in [6.45, 7) is 12.6. The van der Waals surface area contributed by atoms with Gasteiger partial charge in [0, 0.05) is 0 Å². The van der Waals surface area contributed by atoms with Crippen molar-refractivity contribution in [2.75, 3.05) is 0 Å². The molecule has 0 bridgehead atoms. The Morgan fingerprint density at radius 1 is 0.821 bits per heavy atom. The van der Waals surface area contributed by atoms with Gasteiger partial charge in [0.05, 0.1) is 6.10 Å². The van der Waals surface area contributed by atoms with E-state index >= 15 is 0 Å².